The maximum atomic E-state index is 4.43. The maximum Gasteiger partial charge on any atom is 0.0438 e. The van der Waals surface area contributed by atoms with E-state index in [0.29, 0.717) is 0 Å². The molecule has 1 aromatic rings. The summed E-state index contributed by atoms with van der Waals surface area (Å²) in [5.41, 5.74) is 2.81. The Morgan fingerprint density at radius 3 is 2.93 bits per heavy atom. The van der Waals surface area contributed by atoms with Gasteiger partial charge in [-0.3, -0.25) is 4.98 Å². The fraction of sp³-hybridized carbons (Fsp3) is 0.615. The monoisotopic (exact) mass is 191 g/mol. The quantitative estimate of drug-likeness (QED) is 0.571. The zero-order valence-electron chi connectivity index (χ0n) is 9.59. The van der Waals surface area contributed by atoms with Crippen LogP contribution in [-0.4, -0.2) is 4.98 Å². The predicted octanol–water partition coefficient (Wildman–Crippen LogP) is 3.62. The highest BCUT2D eigenvalue weighted by Crippen LogP contribution is 2.21. The molecule has 0 bridgehead atoms. The standard InChI is InChI=1S/C11H15N.C2H6/c1-9-4-2-5-10-6-3-7-12-11(10)8-9;1-2/h3,6-7,9H,2,4-5,8H2,1H3;1-2H3. The van der Waals surface area contributed by atoms with Crippen molar-refractivity contribution in [1.29, 1.82) is 0 Å². The molecule has 1 unspecified atom stereocenters. The topological polar surface area (TPSA) is 12.9 Å². The number of pyridine rings is 1. The number of fused-ring (bicyclic) bond motifs is 1. The summed E-state index contributed by atoms with van der Waals surface area (Å²) in [6.45, 7) is 6.32. The summed E-state index contributed by atoms with van der Waals surface area (Å²) < 4.78 is 0. The lowest BCUT2D eigenvalue weighted by Gasteiger charge is -2.05. The average molecular weight is 191 g/mol. The van der Waals surface area contributed by atoms with Crippen LogP contribution in [0.1, 0.15) is 44.9 Å². The van der Waals surface area contributed by atoms with Gasteiger partial charge in [0.15, 0.2) is 0 Å². The highest BCUT2D eigenvalue weighted by molar-refractivity contribution is 5.21. The fourth-order valence-corrected chi connectivity index (χ4v) is 1.96. The summed E-state index contributed by atoms with van der Waals surface area (Å²) >= 11 is 0. The first-order chi connectivity index (χ1) is 6.86. The number of hydrogen-bond donors (Lipinski definition) is 0. The second kappa shape index (κ2) is 5.79. The molecule has 0 radical (unpaired) electrons. The summed E-state index contributed by atoms with van der Waals surface area (Å²) in [6, 6.07) is 4.27. The van der Waals surface area contributed by atoms with E-state index in [1.807, 2.05) is 20.0 Å². The molecular weight excluding hydrogens is 170 g/mol. The first kappa shape index (κ1) is 11.2. The van der Waals surface area contributed by atoms with Gasteiger partial charge in [-0.25, -0.2) is 0 Å². The van der Waals surface area contributed by atoms with Gasteiger partial charge in [0.2, 0.25) is 0 Å². The third-order valence-corrected chi connectivity index (χ3v) is 2.67. The Balaban J connectivity index is 0.000000461. The van der Waals surface area contributed by atoms with E-state index in [4.69, 9.17) is 0 Å². The molecule has 0 amide bonds. The van der Waals surface area contributed by atoms with Crippen molar-refractivity contribution in [3.63, 3.8) is 0 Å². The smallest absolute Gasteiger partial charge is 0.0438 e. The van der Waals surface area contributed by atoms with E-state index in [1.54, 1.807) is 0 Å². The molecule has 0 aliphatic heterocycles. The van der Waals surface area contributed by atoms with E-state index in [9.17, 15) is 0 Å². The van der Waals surface area contributed by atoms with Crippen LogP contribution in [0.5, 0.6) is 0 Å². The van der Waals surface area contributed by atoms with Crippen molar-refractivity contribution in [3.05, 3.63) is 29.6 Å². The van der Waals surface area contributed by atoms with Gasteiger partial charge in [0.1, 0.15) is 0 Å². The SMILES string of the molecule is CC.CC1CCCc2cccnc2C1. The van der Waals surface area contributed by atoms with Crippen molar-refractivity contribution in [2.45, 2.75) is 46.5 Å². The van der Waals surface area contributed by atoms with Gasteiger partial charge in [0.05, 0.1) is 0 Å². The lowest BCUT2D eigenvalue weighted by atomic mass is 10.0. The van der Waals surface area contributed by atoms with Gasteiger partial charge < -0.3 is 0 Å². The number of rotatable bonds is 0. The molecule has 0 spiro atoms. The first-order valence-corrected chi connectivity index (χ1v) is 5.79. The molecule has 14 heavy (non-hydrogen) atoms. The van der Waals surface area contributed by atoms with Crippen LogP contribution in [0.25, 0.3) is 0 Å². The summed E-state index contributed by atoms with van der Waals surface area (Å²) in [5, 5.41) is 0. The Labute approximate surface area is 87.6 Å². The minimum Gasteiger partial charge on any atom is -0.261 e. The van der Waals surface area contributed by atoms with Gasteiger partial charge in [-0.15, -0.1) is 0 Å². The predicted molar refractivity (Wildman–Crippen MR) is 61.4 cm³/mol. The van der Waals surface area contributed by atoms with E-state index in [2.05, 4.69) is 24.0 Å². The number of nitrogens with zero attached hydrogens (tertiary/aromatic N) is 1. The van der Waals surface area contributed by atoms with Gasteiger partial charge in [-0.05, 0) is 36.8 Å². The van der Waals surface area contributed by atoms with Crippen molar-refractivity contribution in [2.75, 3.05) is 0 Å². The lowest BCUT2D eigenvalue weighted by molar-refractivity contribution is 0.523. The third-order valence-electron chi connectivity index (χ3n) is 2.67. The molecule has 1 aliphatic carbocycles. The summed E-state index contributed by atoms with van der Waals surface area (Å²) in [4.78, 5) is 4.43. The van der Waals surface area contributed by atoms with Crippen LogP contribution >= 0.6 is 0 Å². The molecular formula is C13H21N. The Morgan fingerprint density at radius 1 is 1.36 bits per heavy atom. The fourth-order valence-electron chi connectivity index (χ4n) is 1.96. The first-order valence-electron chi connectivity index (χ1n) is 5.79. The Morgan fingerprint density at radius 2 is 2.14 bits per heavy atom. The molecule has 0 N–H and O–H groups in total. The van der Waals surface area contributed by atoms with Crippen molar-refractivity contribution in [1.82, 2.24) is 4.98 Å². The van der Waals surface area contributed by atoms with Crippen LogP contribution in [0.3, 0.4) is 0 Å². The molecule has 1 nitrogen and oxygen atoms in total. The molecule has 2 rings (SSSR count). The number of aryl methyl sites for hydroxylation is 1. The van der Waals surface area contributed by atoms with Crippen LogP contribution in [0, 0.1) is 5.92 Å². The van der Waals surface area contributed by atoms with Gasteiger partial charge in [0.25, 0.3) is 0 Å². The molecule has 0 fully saturated rings. The third kappa shape index (κ3) is 2.83. The molecule has 78 valence electrons. The van der Waals surface area contributed by atoms with Gasteiger partial charge in [0, 0.05) is 11.9 Å². The van der Waals surface area contributed by atoms with Gasteiger partial charge in [-0.1, -0.05) is 33.3 Å². The van der Waals surface area contributed by atoms with Gasteiger partial charge in [-0.2, -0.15) is 0 Å². The van der Waals surface area contributed by atoms with E-state index in [1.165, 1.54) is 36.9 Å². The van der Waals surface area contributed by atoms with Gasteiger partial charge >= 0.3 is 0 Å². The molecule has 0 saturated heterocycles. The van der Waals surface area contributed by atoms with E-state index >= 15 is 0 Å². The lowest BCUT2D eigenvalue weighted by Crippen LogP contribution is -1.99. The van der Waals surface area contributed by atoms with E-state index < -0.39 is 0 Å². The van der Waals surface area contributed by atoms with Crippen molar-refractivity contribution in [3.8, 4) is 0 Å². The summed E-state index contributed by atoms with van der Waals surface area (Å²) in [6.07, 6.45) is 7.01. The molecule has 1 heteroatoms. The van der Waals surface area contributed by atoms with Crippen LogP contribution in [-0.2, 0) is 12.8 Å². The second-order valence-corrected chi connectivity index (χ2v) is 3.81. The minimum absolute atomic E-state index is 0.821. The zero-order valence-corrected chi connectivity index (χ0v) is 9.59. The van der Waals surface area contributed by atoms with Crippen LogP contribution in [0.4, 0.5) is 0 Å². The number of aromatic nitrogens is 1. The maximum absolute atomic E-state index is 4.43. The summed E-state index contributed by atoms with van der Waals surface area (Å²) in [7, 11) is 0. The molecule has 1 heterocycles. The molecule has 1 aromatic heterocycles. The summed E-state index contributed by atoms with van der Waals surface area (Å²) in [5.74, 6) is 0.821. The second-order valence-electron chi connectivity index (χ2n) is 3.81. The molecule has 1 atom stereocenters. The highest BCUT2D eigenvalue weighted by Gasteiger charge is 2.12. The molecule has 0 saturated carbocycles. The van der Waals surface area contributed by atoms with Crippen LogP contribution in [0.2, 0.25) is 0 Å². The van der Waals surface area contributed by atoms with Crippen LogP contribution in [0.15, 0.2) is 18.3 Å². The normalized spacial score (nSPS) is 20.1. The van der Waals surface area contributed by atoms with Crippen molar-refractivity contribution in [2.24, 2.45) is 5.92 Å². The van der Waals surface area contributed by atoms with Crippen LogP contribution < -0.4 is 0 Å². The van der Waals surface area contributed by atoms with E-state index in [0.717, 1.165) is 5.92 Å². The Kier molecular flexibility index (Phi) is 4.64. The highest BCUT2D eigenvalue weighted by atomic mass is 14.7. The van der Waals surface area contributed by atoms with Crippen molar-refractivity contribution < 1.29 is 0 Å². The van der Waals surface area contributed by atoms with Crippen molar-refractivity contribution >= 4 is 0 Å². The zero-order chi connectivity index (χ0) is 10.4. The Bertz CT molecular complexity index is 268. The largest absolute Gasteiger partial charge is 0.261 e. The van der Waals surface area contributed by atoms with E-state index in [-0.39, 0.29) is 0 Å². The number of hydrogen-bond acceptors (Lipinski definition) is 1. The molecule has 0 aromatic carbocycles. The Hall–Kier alpha value is -0.850. The average Bonchev–Trinajstić information content (AvgIpc) is 2.41. The molecule has 1 aliphatic rings. The minimum atomic E-state index is 0.821.